The van der Waals surface area contributed by atoms with E-state index >= 15 is 0 Å². The minimum absolute atomic E-state index is 0.110. The second-order valence-electron chi connectivity index (χ2n) is 4.35. The van der Waals surface area contributed by atoms with Gasteiger partial charge in [0.15, 0.2) is 0 Å². The van der Waals surface area contributed by atoms with E-state index in [1.807, 2.05) is 25.1 Å². The van der Waals surface area contributed by atoms with Gasteiger partial charge >= 0.3 is 0 Å². The van der Waals surface area contributed by atoms with Crippen molar-refractivity contribution in [1.82, 2.24) is 5.32 Å². The number of carbonyl (C=O) groups excluding carboxylic acids is 1. The Morgan fingerprint density at radius 3 is 2.62 bits per heavy atom. The van der Waals surface area contributed by atoms with Crippen molar-refractivity contribution in [2.45, 2.75) is 25.2 Å². The fraction of sp³-hybridized carbons (Fsp3) is 0.462. The fourth-order valence-electron chi connectivity index (χ4n) is 2.13. The van der Waals surface area contributed by atoms with Crippen molar-refractivity contribution in [3.8, 4) is 5.75 Å². The van der Waals surface area contributed by atoms with Crippen LogP contribution in [0.5, 0.6) is 5.75 Å². The Morgan fingerprint density at radius 1 is 1.44 bits per heavy atom. The number of hydrogen-bond acceptors (Lipinski definition) is 2. The molecule has 3 nitrogen and oxygen atoms in total. The highest BCUT2D eigenvalue weighted by molar-refractivity contribution is 5.91. The molecule has 16 heavy (non-hydrogen) atoms. The number of hydrogen-bond donors (Lipinski definition) is 1. The Balaban J connectivity index is 2.38. The molecule has 0 bridgehead atoms. The largest absolute Gasteiger partial charge is 0.496 e. The van der Waals surface area contributed by atoms with Gasteiger partial charge in [0.05, 0.1) is 12.5 Å². The molecule has 0 unspecified atom stereocenters. The maximum Gasteiger partial charge on any atom is 0.230 e. The van der Waals surface area contributed by atoms with Gasteiger partial charge in [-0.25, -0.2) is 0 Å². The third-order valence-electron chi connectivity index (χ3n) is 3.37. The predicted octanol–water partition coefficient (Wildman–Crippen LogP) is 1.78. The van der Waals surface area contributed by atoms with Crippen LogP contribution in [0, 0.1) is 6.92 Å². The summed E-state index contributed by atoms with van der Waals surface area (Å²) < 4.78 is 5.29. The highest BCUT2D eigenvalue weighted by atomic mass is 16.5. The molecule has 1 aliphatic carbocycles. The standard InChI is InChI=1S/C13H17NO2/c1-9-4-5-10(8-11(9)16-3)13(6-7-13)12(15)14-2/h4-5,8H,6-7H2,1-3H3,(H,14,15). The zero-order chi connectivity index (χ0) is 11.8. The minimum atomic E-state index is -0.296. The van der Waals surface area contributed by atoms with E-state index in [9.17, 15) is 4.79 Å². The van der Waals surface area contributed by atoms with E-state index in [2.05, 4.69) is 5.32 Å². The third-order valence-corrected chi connectivity index (χ3v) is 3.37. The van der Waals surface area contributed by atoms with Crippen LogP contribution in [-0.2, 0) is 10.2 Å². The van der Waals surface area contributed by atoms with Gasteiger partial charge in [-0.05, 0) is 37.0 Å². The van der Waals surface area contributed by atoms with E-state index in [4.69, 9.17) is 4.74 Å². The van der Waals surface area contributed by atoms with Crippen LogP contribution in [0.3, 0.4) is 0 Å². The number of ether oxygens (including phenoxy) is 1. The Bertz CT molecular complexity index is 422. The fourth-order valence-corrected chi connectivity index (χ4v) is 2.13. The Hall–Kier alpha value is -1.51. The van der Waals surface area contributed by atoms with E-state index in [0.29, 0.717) is 0 Å². The average Bonchev–Trinajstić information content (AvgIpc) is 3.10. The number of amides is 1. The smallest absolute Gasteiger partial charge is 0.230 e. The quantitative estimate of drug-likeness (QED) is 0.841. The van der Waals surface area contributed by atoms with Crippen LogP contribution in [0.1, 0.15) is 24.0 Å². The number of nitrogens with one attached hydrogen (secondary N) is 1. The first-order valence-corrected chi connectivity index (χ1v) is 5.51. The van der Waals surface area contributed by atoms with Crippen LogP contribution >= 0.6 is 0 Å². The topological polar surface area (TPSA) is 38.3 Å². The van der Waals surface area contributed by atoms with Crippen molar-refractivity contribution in [2.24, 2.45) is 0 Å². The van der Waals surface area contributed by atoms with Crippen LogP contribution in [0.2, 0.25) is 0 Å². The maximum atomic E-state index is 11.8. The molecule has 1 N–H and O–H groups in total. The summed E-state index contributed by atoms with van der Waals surface area (Å²) >= 11 is 0. The van der Waals surface area contributed by atoms with Crippen molar-refractivity contribution in [2.75, 3.05) is 14.2 Å². The molecule has 1 amide bonds. The number of benzene rings is 1. The van der Waals surface area contributed by atoms with Crippen LogP contribution < -0.4 is 10.1 Å². The molecule has 0 saturated heterocycles. The maximum absolute atomic E-state index is 11.8. The van der Waals surface area contributed by atoms with E-state index in [-0.39, 0.29) is 11.3 Å². The molecular formula is C13H17NO2. The van der Waals surface area contributed by atoms with E-state index in [1.54, 1.807) is 14.2 Å². The van der Waals surface area contributed by atoms with Crippen LogP contribution in [0.15, 0.2) is 18.2 Å². The van der Waals surface area contributed by atoms with Crippen LogP contribution in [0.4, 0.5) is 0 Å². The molecule has 1 fully saturated rings. The third kappa shape index (κ3) is 1.56. The van der Waals surface area contributed by atoms with Gasteiger partial charge in [-0.15, -0.1) is 0 Å². The summed E-state index contributed by atoms with van der Waals surface area (Å²) in [4.78, 5) is 11.8. The number of methoxy groups -OCH3 is 1. The molecule has 86 valence electrons. The summed E-state index contributed by atoms with van der Waals surface area (Å²) in [5, 5.41) is 2.74. The number of likely N-dealkylation sites (N-methyl/N-ethyl adjacent to an activating group) is 1. The average molecular weight is 219 g/mol. The number of aryl methyl sites for hydroxylation is 1. The van der Waals surface area contributed by atoms with Gasteiger partial charge < -0.3 is 10.1 Å². The molecule has 0 aliphatic heterocycles. The SMILES string of the molecule is CNC(=O)C1(c2ccc(C)c(OC)c2)CC1. The molecule has 0 heterocycles. The summed E-state index contributed by atoms with van der Waals surface area (Å²) in [5.74, 6) is 0.964. The summed E-state index contributed by atoms with van der Waals surface area (Å²) in [6.45, 7) is 2.00. The number of rotatable bonds is 3. The summed E-state index contributed by atoms with van der Waals surface area (Å²) in [6, 6.07) is 6.02. The lowest BCUT2D eigenvalue weighted by molar-refractivity contribution is -0.123. The van der Waals surface area contributed by atoms with Gasteiger partial charge in [-0.1, -0.05) is 12.1 Å². The monoisotopic (exact) mass is 219 g/mol. The number of carbonyl (C=O) groups is 1. The molecule has 1 aromatic carbocycles. The second-order valence-corrected chi connectivity index (χ2v) is 4.35. The van der Waals surface area contributed by atoms with E-state index in [0.717, 1.165) is 29.7 Å². The lowest BCUT2D eigenvalue weighted by Gasteiger charge is -2.15. The van der Waals surface area contributed by atoms with Crippen molar-refractivity contribution in [3.05, 3.63) is 29.3 Å². The second kappa shape index (κ2) is 3.81. The van der Waals surface area contributed by atoms with Gasteiger partial charge in [0.1, 0.15) is 5.75 Å². The molecule has 0 atom stereocenters. The Labute approximate surface area is 95.8 Å². The van der Waals surface area contributed by atoms with Crippen molar-refractivity contribution >= 4 is 5.91 Å². The normalized spacial score (nSPS) is 16.7. The zero-order valence-corrected chi connectivity index (χ0v) is 9.96. The first-order valence-electron chi connectivity index (χ1n) is 5.51. The summed E-state index contributed by atoms with van der Waals surface area (Å²) in [6.07, 6.45) is 1.86. The van der Waals surface area contributed by atoms with E-state index < -0.39 is 0 Å². The van der Waals surface area contributed by atoms with Crippen molar-refractivity contribution in [3.63, 3.8) is 0 Å². The molecule has 1 aromatic rings. The first-order chi connectivity index (χ1) is 7.64. The Morgan fingerprint density at radius 2 is 2.12 bits per heavy atom. The molecule has 0 radical (unpaired) electrons. The molecule has 2 rings (SSSR count). The van der Waals surface area contributed by atoms with Crippen molar-refractivity contribution in [1.29, 1.82) is 0 Å². The molecule has 0 aromatic heterocycles. The lowest BCUT2D eigenvalue weighted by atomic mass is 9.94. The molecule has 1 aliphatic rings. The summed E-state index contributed by atoms with van der Waals surface area (Å²) in [5.41, 5.74) is 1.86. The molecule has 1 saturated carbocycles. The summed E-state index contributed by atoms with van der Waals surface area (Å²) in [7, 11) is 3.35. The molecular weight excluding hydrogens is 202 g/mol. The highest BCUT2D eigenvalue weighted by Crippen LogP contribution is 2.49. The zero-order valence-electron chi connectivity index (χ0n) is 9.96. The van der Waals surface area contributed by atoms with Gasteiger partial charge in [-0.2, -0.15) is 0 Å². The van der Waals surface area contributed by atoms with Gasteiger partial charge in [0.25, 0.3) is 0 Å². The Kier molecular flexibility index (Phi) is 2.62. The molecule has 0 spiro atoms. The molecule has 3 heteroatoms. The lowest BCUT2D eigenvalue weighted by Crippen LogP contribution is -2.31. The van der Waals surface area contributed by atoms with Crippen LogP contribution in [0.25, 0.3) is 0 Å². The van der Waals surface area contributed by atoms with E-state index in [1.165, 1.54) is 0 Å². The minimum Gasteiger partial charge on any atom is -0.496 e. The van der Waals surface area contributed by atoms with Gasteiger partial charge in [0, 0.05) is 7.05 Å². The highest BCUT2D eigenvalue weighted by Gasteiger charge is 2.50. The van der Waals surface area contributed by atoms with Gasteiger partial charge in [0.2, 0.25) is 5.91 Å². The van der Waals surface area contributed by atoms with Crippen LogP contribution in [-0.4, -0.2) is 20.1 Å². The first kappa shape index (κ1) is 11.0. The van der Waals surface area contributed by atoms with Gasteiger partial charge in [-0.3, -0.25) is 4.79 Å². The van der Waals surface area contributed by atoms with Crippen molar-refractivity contribution < 1.29 is 9.53 Å². The predicted molar refractivity (Wildman–Crippen MR) is 62.7 cm³/mol.